The first-order chi connectivity index (χ1) is 5.12. The minimum Gasteiger partial charge on any atom is -0.375 e. The van der Waals surface area contributed by atoms with E-state index in [0.29, 0.717) is 13.0 Å². The van der Waals surface area contributed by atoms with Gasteiger partial charge in [-0.05, 0) is 6.42 Å². The van der Waals surface area contributed by atoms with E-state index < -0.39 is 25.6 Å². The van der Waals surface area contributed by atoms with Crippen molar-refractivity contribution in [2.24, 2.45) is 0 Å². The van der Waals surface area contributed by atoms with Gasteiger partial charge in [-0.3, -0.25) is 4.39 Å². The van der Waals surface area contributed by atoms with Crippen molar-refractivity contribution < 1.29 is 17.9 Å². The lowest BCUT2D eigenvalue weighted by Gasteiger charge is -2.13. The van der Waals surface area contributed by atoms with Crippen molar-refractivity contribution in [2.45, 2.75) is 25.7 Å². The number of hydrogen-bond donors (Lipinski definition) is 0. The first-order valence-corrected chi connectivity index (χ1v) is 3.64. The van der Waals surface area contributed by atoms with Gasteiger partial charge in [-0.15, -0.1) is 0 Å². The molecule has 0 spiro atoms. The summed E-state index contributed by atoms with van der Waals surface area (Å²) in [6.07, 6.45) is -0.0393. The summed E-state index contributed by atoms with van der Waals surface area (Å²) < 4.78 is 40.8. The van der Waals surface area contributed by atoms with E-state index in [1.165, 1.54) is 0 Å². The van der Waals surface area contributed by atoms with Crippen molar-refractivity contribution in [3.63, 3.8) is 0 Å². The van der Waals surface area contributed by atoms with Crippen molar-refractivity contribution in [3.8, 4) is 0 Å². The van der Waals surface area contributed by atoms with E-state index in [1.807, 2.05) is 6.92 Å². The van der Waals surface area contributed by atoms with Crippen LogP contribution in [0.4, 0.5) is 13.2 Å². The second-order valence-corrected chi connectivity index (χ2v) is 2.35. The van der Waals surface area contributed by atoms with E-state index in [9.17, 15) is 13.2 Å². The zero-order valence-corrected chi connectivity index (χ0v) is 6.58. The summed E-state index contributed by atoms with van der Waals surface area (Å²) in [4.78, 5) is 0. The van der Waals surface area contributed by atoms with Gasteiger partial charge in [0, 0.05) is 13.0 Å². The fraction of sp³-hybridized carbons (Fsp3) is 1.00. The van der Waals surface area contributed by atoms with Crippen molar-refractivity contribution >= 4 is 0 Å². The standard InChI is InChI=1S/C7H13F3O/c1-2-5-11-6-7(9,10)3-4-8/h2-6H2,1H3. The first-order valence-electron chi connectivity index (χ1n) is 3.64. The second-order valence-electron chi connectivity index (χ2n) is 2.35. The van der Waals surface area contributed by atoms with Gasteiger partial charge in [0.05, 0.1) is 6.67 Å². The SMILES string of the molecule is CCCOCC(F)(F)CCF. The maximum absolute atomic E-state index is 12.4. The Morgan fingerprint density at radius 2 is 2.00 bits per heavy atom. The quantitative estimate of drug-likeness (QED) is 0.556. The van der Waals surface area contributed by atoms with E-state index in [1.54, 1.807) is 0 Å². The Balaban J connectivity index is 3.38. The van der Waals surface area contributed by atoms with E-state index >= 15 is 0 Å². The first kappa shape index (κ1) is 10.8. The van der Waals surface area contributed by atoms with Crippen molar-refractivity contribution in [2.75, 3.05) is 19.9 Å². The number of ether oxygens (including phenoxy) is 1. The Bertz CT molecular complexity index is 95.7. The Morgan fingerprint density at radius 1 is 1.36 bits per heavy atom. The minimum atomic E-state index is -3.00. The molecule has 0 N–H and O–H groups in total. The fourth-order valence-corrected chi connectivity index (χ4v) is 0.576. The predicted octanol–water partition coefficient (Wildman–Crippen LogP) is 2.41. The molecule has 0 fully saturated rings. The molecule has 0 amide bonds. The van der Waals surface area contributed by atoms with Crippen LogP contribution in [0.5, 0.6) is 0 Å². The zero-order valence-electron chi connectivity index (χ0n) is 6.58. The lowest BCUT2D eigenvalue weighted by molar-refractivity contribution is -0.0846. The molecular weight excluding hydrogens is 157 g/mol. The molecule has 0 saturated heterocycles. The highest BCUT2D eigenvalue weighted by molar-refractivity contribution is 4.63. The summed E-state index contributed by atoms with van der Waals surface area (Å²) in [6.45, 7) is 0.475. The molecule has 0 atom stereocenters. The molecule has 0 aromatic carbocycles. The molecule has 0 unspecified atom stereocenters. The van der Waals surface area contributed by atoms with E-state index in [4.69, 9.17) is 0 Å². The Morgan fingerprint density at radius 3 is 2.45 bits per heavy atom. The molecule has 4 heteroatoms. The van der Waals surface area contributed by atoms with Crippen LogP contribution in [-0.2, 0) is 4.74 Å². The fourth-order valence-electron chi connectivity index (χ4n) is 0.576. The van der Waals surface area contributed by atoms with Gasteiger partial charge >= 0.3 is 0 Å². The van der Waals surface area contributed by atoms with Gasteiger partial charge in [-0.25, -0.2) is 8.78 Å². The summed E-state index contributed by atoms with van der Waals surface area (Å²) in [6, 6.07) is 0. The highest BCUT2D eigenvalue weighted by Gasteiger charge is 2.28. The topological polar surface area (TPSA) is 9.23 Å². The Kier molecular flexibility index (Phi) is 5.28. The van der Waals surface area contributed by atoms with Crippen LogP contribution in [0.25, 0.3) is 0 Å². The largest absolute Gasteiger partial charge is 0.375 e. The molecule has 0 aromatic rings. The van der Waals surface area contributed by atoms with Crippen LogP contribution in [0.15, 0.2) is 0 Å². The molecule has 0 saturated carbocycles. The molecule has 68 valence electrons. The predicted molar refractivity (Wildman–Crippen MR) is 36.6 cm³/mol. The molecule has 1 nitrogen and oxygen atoms in total. The monoisotopic (exact) mass is 170 g/mol. The van der Waals surface area contributed by atoms with Gasteiger partial charge in [0.1, 0.15) is 6.61 Å². The van der Waals surface area contributed by atoms with Gasteiger partial charge < -0.3 is 4.74 Å². The van der Waals surface area contributed by atoms with Crippen LogP contribution in [-0.4, -0.2) is 25.8 Å². The molecular formula is C7H13F3O. The van der Waals surface area contributed by atoms with E-state index in [2.05, 4.69) is 4.74 Å². The number of rotatable bonds is 6. The summed E-state index contributed by atoms with van der Waals surface area (Å²) in [5.74, 6) is -3.00. The molecule has 11 heavy (non-hydrogen) atoms. The van der Waals surface area contributed by atoms with Crippen molar-refractivity contribution in [1.29, 1.82) is 0 Å². The summed E-state index contributed by atoms with van der Waals surface area (Å²) >= 11 is 0. The number of alkyl halides is 3. The van der Waals surface area contributed by atoms with Crippen LogP contribution in [0.3, 0.4) is 0 Å². The summed E-state index contributed by atoms with van der Waals surface area (Å²) in [5.41, 5.74) is 0. The zero-order chi connectivity index (χ0) is 8.74. The summed E-state index contributed by atoms with van der Waals surface area (Å²) in [7, 11) is 0. The maximum Gasteiger partial charge on any atom is 0.273 e. The molecule has 0 aliphatic carbocycles. The van der Waals surface area contributed by atoms with E-state index in [-0.39, 0.29) is 0 Å². The maximum atomic E-state index is 12.4. The normalized spacial score (nSPS) is 12.0. The summed E-state index contributed by atoms with van der Waals surface area (Å²) in [5, 5.41) is 0. The highest BCUT2D eigenvalue weighted by atomic mass is 19.3. The van der Waals surface area contributed by atoms with Crippen molar-refractivity contribution in [1.82, 2.24) is 0 Å². The molecule has 0 aliphatic heterocycles. The molecule has 0 rings (SSSR count). The molecule has 0 radical (unpaired) electrons. The molecule has 0 bridgehead atoms. The van der Waals surface area contributed by atoms with E-state index in [0.717, 1.165) is 0 Å². The second kappa shape index (κ2) is 5.41. The average molecular weight is 170 g/mol. The smallest absolute Gasteiger partial charge is 0.273 e. The highest BCUT2D eigenvalue weighted by Crippen LogP contribution is 2.18. The van der Waals surface area contributed by atoms with Crippen LogP contribution in [0.1, 0.15) is 19.8 Å². The van der Waals surface area contributed by atoms with Crippen molar-refractivity contribution in [3.05, 3.63) is 0 Å². The molecule has 0 aromatic heterocycles. The number of halogens is 3. The van der Waals surface area contributed by atoms with Gasteiger partial charge in [0.15, 0.2) is 0 Å². The Labute approximate surface area is 64.5 Å². The van der Waals surface area contributed by atoms with Gasteiger partial charge in [-0.2, -0.15) is 0 Å². The lowest BCUT2D eigenvalue weighted by atomic mass is 10.3. The molecule has 0 aliphatic rings. The van der Waals surface area contributed by atoms with Gasteiger partial charge in [0.2, 0.25) is 0 Å². The average Bonchev–Trinajstić information content (AvgIpc) is 1.87. The van der Waals surface area contributed by atoms with Crippen LogP contribution in [0, 0.1) is 0 Å². The molecule has 0 heterocycles. The third-order valence-electron chi connectivity index (χ3n) is 1.12. The van der Waals surface area contributed by atoms with Crippen LogP contribution in [0.2, 0.25) is 0 Å². The number of hydrogen-bond acceptors (Lipinski definition) is 1. The van der Waals surface area contributed by atoms with Crippen LogP contribution >= 0.6 is 0 Å². The third kappa shape index (κ3) is 6.16. The van der Waals surface area contributed by atoms with Crippen LogP contribution < -0.4 is 0 Å². The van der Waals surface area contributed by atoms with Gasteiger partial charge in [0.25, 0.3) is 5.92 Å². The minimum absolute atomic E-state index is 0.307. The lowest BCUT2D eigenvalue weighted by Crippen LogP contribution is -2.24. The Hall–Kier alpha value is -0.250. The van der Waals surface area contributed by atoms with Gasteiger partial charge in [-0.1, -0.05) is 6.92 Å². The third-order valence-corrected chi connectivity index (χ3v) is 1.12.